The van der Waals surface area contributed by atoms with Crippen LogP contribution in [0.1, 0.15) is 58.8 Å². The van der Waals surface area contributed by atoms with E-state index in [9.17, 15) is 0 Å². The maximum absolute atomic E-state index is 6.23. The Morgan fingerprint density at radius 2 is 1.86 bits per heavy atom. The SMILES string of the molecule is CCC(C)SC1CCCCCCC1N. The van der Waals surface area contributed by atoms with Gasteiger partial charge >= 0.3 is 0 Å². The van der Waals surface area contributed by atoms with Gasteiger partial charge in [-0.05, 0) is 19.3 Å². The second kappa shape index (κ2) is 6.73. The minimum atomic E-state index is 0.453. The summed E-state index contributed by atoms with van der Waals surface area (Å²) in [4.78, 5) is 0. The molecular weight excluding hydrogens is 190 g/mol. The van der Waals surface area contributed by atoms with E-state index in [1.165, 1.54) is 44.9 Å². The fraction of sp³-hybridized carbons (Fsp3) is 1.00. The van der Waals surface area contributed by atoms with E-state index in [1.807, 2.05) is 0 Å². The maximum Gasteiger partial charge on any atom is 0.0201 e. The van der Waals surface area contributed by atoms with Gasteiger partial charge in [-0.1, -0.05) is 39.5 Å². The second-order valence-corrected chi connectivity index (χ2v) is 6.23. The highest BCUT2D eigenvalue weighted by Crippen LogP contribution is 2.29. The van der Waals surface area contributed by atoms with Gasteiger partial charge in [0.05, 0.1) is 0 Å². The lowest BCUT2D eigenvalue weighted by atomic mass is 9.97. The van der Waals surface area contributed by atoms with Crippen LogP contribution in [0, 0.1) is 0 Å². The van der Waals surface area contributed by atoms with E-state index in [0.717, 1.165) is 10.5 Å². The van der Waals surface area contributed by atoms with Crippen LogP contribution in [0.3, 0.4) is 0 Å². The summed E-state index contributed by atoms with van der Waals surface area (Å²) in [6, 6.07) is 0.453. The standard InChI is InChI=1S/C12H25NS/c1-3-10(2)14-12-9-7-5-4-6-8-11(12)13/h10-12H,3-9,13H2,1-2H3. The molecule has 0 aliphatic heterocycles. The highest BCUT2D eigenvalue weighted by Gasteiger charge is 2.21. The number of thioether (sulfide) groups is 1. The first-order valence-electron chi connectivity index (χ1n) is 6.15. The Morgan fingerprint density at radius 3 is 2.50 bits per heavy atom. The van der Waals surface area contributed by atoms with Crippen LogP contribution in [0.2, 0.25) is 0 Å². The zero-order valence-corrected chi connectivity index (χ0v) is 10.5. The summed E-state index contributed by atoms with van der Waals surface area (Å²) in [6.07, 6.45) is 9.41. The minimum Gasteiger partial charge on any atom is -0.327 e. The first-order chi connectivity index (χ1) is 6.74. The zero-order chi connectivity index (χ0) is 10.4. The lowest BCUT2D eigenvalue weighted by molar-refractivity contribution is 0.462. The van der Waals surface area contributed by atoms with Crippen molar-refractivity contribution < 1.29 is 0 Å². The summed E-state index contributed by atoms with van der Waals surface area (Å²) < 4.78 is 0. The van der Waals surface area contributed by atoms with E-state index in [4.69, 9.17) is 5.73 Å². The van der Waals surface area contributed by atoms with Crippen LogP contribution in [0.4, 0.5) is 0 Å². The average molecular weight is 215 g/mol. The topological polar surface area (TPSA) is 26.0 Å². The molecule has 0 bridgehead atoms. The van der Waals surface area contributed by atoms with Gasteiger partial charge in [0.1, 0.15) is 0 Å². The molecule has 84 valence electrons. The molecule has 2 heteroatoms. The number of rotatable bonds is 3. The molecule has 2 N–H and O–H groups in total. The molecule has 14 heavy (non-hydrogen) atoms. The summed E-state index contributed by atoms with van der Waals surface area (Å²) >= 11 is 2.13. The molecule has 1 rings (SSSR count). The van der Waals surface area contributed by atoms with Crippen molar-refractivity contribution >= 4 is 11.8 Å². The van der Waals surface area contributed by atoms with Crippen molar-refractivity contribution in [1.82, 2.24) is 0 Å². The Morgan fingerprint density at radius 1 is 1.21 bits per heavy atom. The summed E-state index contributed by atoms with van der Waals surface area (Å²) in [5.74, 6) is 0. The fourth-order valence-electron chi connectivity index (χ4n) is 2.04. The van der Waals surface area contributed by atoms with E-state index < -0.39 is 0 Å². The van der Waals surface area contributed by atoms with Gasteiger partial charge in [-0.25, -0.2) is 0 Å². The third kappa shape index (κ3) is 4.22. The number of hydrogen-bond donors (Lipinski definition) is 1. The third-order valence-corrected chi connectivity index (χ3v) is 4.97. The third-order valence-electron chi connectivity index (χ3n) is 3.24. The molecular formula is C12H25NS. The van der Waals surface area contributed by atoms with Crippen LogP contribution >= 0.6 is 11.8 Å². The van der Waals surface area contributed by atoms with Crippen LogP contribution in [0.15, 0.2) is 0 Å². The molecule has 0 radical (unpaired) electrons. The minimum absolute atomic E-state index is 0.453. The molecule has 3 atom stereocenters. The molecule has 1 saturated carbocycles. The lowest BCUT2D eigenvalue weighted by Crippen LogP contribution is -2.34. The van der Waals surface area contributed by atoms with Crippen molar-refractivity contribution in [1.29, 1.82) is 0 Å². The van der Waals surface area contributed by atoms with Crippen molar-refractivity contribution in [2.45, 2.75) is 75.3 Å². The van der Waals surface area contributed by atoms with Crippen LogP contribution in [-0.2, 0) is 0 Å². The van der Waals surface area contributed by atoms with Gasteiger partial charge < -0.3 is 5.73 Å². The zero-order valence-electron chi connectivity index (χ0n) is 9.67. The van der Waals surface area contributed by atoms with Gasteiger partial charge in [-0.15, -0.1) is 0 Å². The van der Waals surface area contributed by atoms with Gasteiger partial charge in [-0.3, -0.25) is 0 Å². The Bertz CT molecular complexity index is 149. The average Bonchev–Trinajstić information content (AvgIpc) is 2.17. The Kier molecular flexibility index (Phi) is 5.95. The molecule has 1 aliphatic rings. The molecule has 0 aromatic heterocycles. The number of nitrogens with two attached hydrogens (primary N) is 1. The molecule has 0 saturated heterocycles. The predicted octanol–water partition coefficient (Wildman–Crippen LogP) is 3.57. The normalized spacial score (nSPS) is 31.9. The maximum atomic E-state index is 6.23. The van der Waals surface area contributed by atoms with Crippen molar-refractivity contribution in [3.63, 3.8) is 0 Å². The van der Waals surface area contributed by atoms with Crippen LogP contribution in [0.25, 0.3) is 0 Å². The molecule has 1 aliphatic carbocycles. The molecule has 0 heterocycles. The van der Waals surface area contributed by atoms with Crippen LogP contribution in [0.5, 0.6) is 0 Å². The van der Waals surface area contributed by atoms with Crippen LogP contribution < -0.4 is 5.73 Å². The predicted molar refractivity (Wildman–Crippen MR) is 66.8 cm³/mol. The molecule has 0 amide bonds. The molecule has 3 unspecified atom stereocenters. The van der Waals surface area contributed by atoms with Crippen LogP contribution in [-0.4, -0.2) is 16.5 Å². The molecule has 0 aromatic carbocycles. The van der Waals surface area contributed by atoms with Gasteiger partial charge in [-0.2, -0.15) is 11.8 Å². The van der Waals surface area contributed by atoms with Crippen molar-refractivity contribution in [2.24, 2.45) is 5.73 Å². The summed E-state index contributed by atoms with van der Waals surface area (Å²) in [7, 11) is 0. The van der Waals surface area contributed by atoms with Crippen molar-refractivity contribution in [3.8, 4) is 0 Å². The Labute approximate surface area is 93.2 Å². The molecule has 0 aromatic rings. The molecule has 0 spiro atoms. The van der Waals surface area contributed by atoms with E-state index >= 15 is 0 Å². The first-order valence-corrected chi connectivity index (χ1v) is 7.09. The highest BCUT2D eigenvalue weighted by molar-refractivity contribution is 8.00. The summed E-state index contributed by atoms with van der Waals surface area (Å²) in [6.45, 7) is 4.60. The monoisotopic (exact) mass is 215 g/mol. The first kappa shape index (κ1) is 12.4. The second-order valence-electron chi connectivity index (χ2n) is 4.55. The van der Waals surface area contributed by atoms with Crippen molar-refractivity contribution in [3.05, 3.63) is 0 Å². The number of hydrogen-bond acceptors (Lipinski definition) is 2. The summed E-state index contributed by atoms with van der Waals surface area (Å²) in [5, 5.41) is 1.51. The van der Waals surface area contributed by atoms with Gasteiger partial charge in [0.25, 0.3) is 0 Å². The quantitative estimate of drug-likeness (QED) is 0.779. The van der Waals surface area contributed by atoms with Gasteiger partial charge in [0, 0.05) is 16.5 Å². The van der Waals surface area contributed by atoms with E-state index in [2.05, 4.69) is 25.6 Å². The highest BCUT2D eigenvalue weighted by atomic mass is 32.2. The molecule has 1 nitrogen and oxygen atoms in total. The van der Waals surface area contributed by atoms with Gasteiger partial charge in [0.15, 0.2) is 0 Å². The Hall–Kier alpha value is 0.310. The van der Waals surface area contributed by atoms with E-state index in [-0.39, 0.29) is 0 Å². The van der Waals surface area contributed by atoms with E-state index in [1.54, 1.807) is 0 Å². The van der Waals surface area contributed by atoms with Gasteiger partial charge in [0.2, 0.25) is 0 Å². The fourth-order valence-corrected chi connectivity index (χ4v) is 3.47. The molecule has 1 fully saturated rings. The van der Waals surface area contributed by atoms with Crippen molar-refractivity contribution in [2.75, 3.05) is 0 Å². The van der Waals surface area contributed by atoms with E-state index in [0.29, 0.717) is 6.04 Å². The largest absolute Gasteiger partial charge is 0.327 e. The smallest absolute Gasteiger partial charge is 0.0201 e. The lowest BCUT2D eigenvalue weighted by Gasteiger charge is -2.27. The Balaban J connectivity index is 2.37. The summed E-state index contributed by atoms with van der Waals surface area (Å²) in [5.41, 5.74) is 6.23.